The first-order valence-corrected chi connectivity index (χ1v) is 6.04. The summed E-state index contributed by atoms with van der Waals surface area (Å²) in [6.07, 6.45) is 0.583. The van der Waals surface area contributed by atoms with Crippen LogP contribution < -0.4 is 10.1 Å². The molecular formula is C13H18ClNO3. The highest BCUT2D eigenvalue weighted by Crippen LogP contribution is 2.28. The number of carbonyl (C=O) groups excluding carboxylic acids is 1. The van der Waals surface area contributed by atoms with Crippen molar-refractivity contribution >= 4 is 23.2 Å². The molecule has 1 rings (SSSR count). The molecule has 1 unspecified atom stereocenters. The number of halogens is 1. The maximum Gasteiger partial charge on any atom is 0.256 e. The van der Waals surface area contributed by atoms with Crippen molar-refractivity contribution < 1.29 is 14.3 Å². The summed E-state index contributed by atoms with van der Waals surface area (Å²) in [5, 5.41) is 3.22. The predicted octanol–water partition coefficient (Wildman–Crippen LogP) is 3.10. The normalized spacial score (nSPS) is 13.8. The van der Waals surface area contributed by atoms with Gasteiger partial charge >= 0.3 is 0 Å². The quantitative estimate of drug-likeness (QED) is 0.895. The SMILES string of the molecule is CCC(C)(OC)C(=O)Nc1ccc(OC)c(Cl)c1. The average Bonchev–Trinajstić information content (AvgIpc) is 2.38. The molecule has 0 bridgehead atoms. The smallest absolute Gasteiger partial charge is 0.256 e. The molecule has 100 valence electrons. The maximum absolute atomic E-state index is 12.1. The minimum Gasteiger partial charge on any atom is -0.495 e. The second-order valence-electron chi connectivity index (χ2n) is 4.09. The number of ether oxygens (including phenoxy) is 2. The highest BCUT2D eigenvalue weighted by atomic mass is 35.5. The molecule has 1 amide bonds. The molecule has 1 aromatic rings. The number of methoxy groups -OCH3 is 2. The van der Waals surface area contributed by atoms with E-state index in [9.17, 15) is 4.79 Å². The molecule has 0 saturated carbocycles. The van der Waals surface area contributed by atoms with E-state index >= 15 is 0 Å². The summed E-state index contributed by atoms with van der Waals surface area (Å²) in [4.78, 5) is 12.1. The summed E-state index contributed by atoms with van der Waals surface area (Å²) < 4.78 is 10.3. The van der Waals surface area contributed by atoms with E-state index in [1.165, 1.54) is 7.11 Å². The summed E-state index contributed by atoms with van der Waals surface area (Å²) in [5.41, 5.74) is -0.227. The third-order valence-electron chi connectivity index (χ3n) is 3.02. The fourth-order valence-corrected chi connectivity index (χ4v) is 1.66. The Kier molecular flexibility index (Phi) is 4.99. The topological polar surface area (TPSA) is 47.6 Å². The van der Waals surface area contributed by atoms with Crippen LogP contribution in [0.1, 0.15) is 20.3 Å². The summed E-state index contributed by atoms with van der Waals surface area (Å²) in [6.45, 7) is 3.64. The lowest BCUT2D eigenvalue weighted by Crippen LogP contribution is -2.41. The van der Waals surface area contributed by atoms with Crippen molar-refractivity contribution in [2.45, 2.75) is 25.9 Å². The Morgan fingerprint density at radius 2 is 2.11 bits per heavy atom. The standard InChI is InChI=1S/C13H18ClNO3/c1-5-13(2,18-4)12(16)15-9-6-7-11(17-3)10(14)8-9/h6-8H,5H2,1-4H3,(H,15,16). The molecule has 0 aliphatic rings. The Morgan fingerprint density at radius 3 is 2.56 bits per heavy atom. The van der Waals surface area contributed by atoms with Gasteiger partial charge in [0.05, 0.1) is 12.1 Å². The van der Waals surface area contributed by atoms with Crippen molar-refractivity contribution in [1.82, 2.24) is 0 Å². The van der Waals surface area contributed by atoms with Gasteiger partial charge in [0.25, 0.3) is 5.91 Å². The fourth-order valence-electron chi connectivity index (χ4n) is 1.41. The van der Waals surface area contributed by atoms with Crippen LogP contribution in [0.2, 0.25) is 5.02 Å². The molecule has 0 spiro atoms. The monoisotopic (exact) mass is 271 g/mol. The Balaban J connectivity index is 2.85. The van der Waals surface area contributed by atoms with Gasteiger partial charge in [0, 0.05) is 12.8 Å². The molecule has 0 aliphatic heterocycles. The molecule has 1 aromatic carbocycles. The number of amides is 1. The zero-order valence-electron chi connectivity index (χ0n) is 11.0. The second kappa shape index (κ2) is 6.07. The molecular weight excluding hydrogens is 254 g/mol. The van der Waals surface area contributed by atoms with Gasteiger partial charge in [-0.3, -0.25) is 4.79 Å². The number of hydrogen-bond acceptors (Lipinski definition) is 3. The van der Waals surface area contributed by atoms with Crippen molar-refractivity contribution in [2.24, 2.45) is 0 Å². The van der Waals surface area contributed by atoms with Crippen molar-refractivity contribution in [3.05, 3.63) is 23.2 Å². The van der Waals surface area contributed by atoms with E-state index in [4.69, 9.17) is 21.1 Å². The summed E-state index contributed by atoms with van der Waals surface area (Å²) >= 11 is 5.99. The van der Waals surface area contributed by atoms with E-state index < -0.39 is 5.60 Å². The molecule has 0 saturated heterocycles. The Morgan fingerprint density at radius 1 is 1.44 bits per heavy atom. The van der Waals surface area contributed by atoms with E-state index in [2.05, 4.69) is 5.32 Å². The van der Waals surface area contributed by atoms with Crippen LogP contribution in [0.5, 0.6) is 5.75 Å². The van der Waals surface area contributed by atoms with E-state index in [1.54, 1.807) is 32.2 Å². The summed E-state index contributed by atoms with van der Waals surface area (Å²) in [7, 11) is 3.06. The van der Waals surface area contributed by atoms with Crippen LogP contribution in [0.25, 0.3) is 0 Å². The van der Waals surface area contributed by atoms with Gasteiger partial charge in [0.15, 0.2) is 0 Å². The lowest BCUT2D eigenvalue weighted by molar-refractivity contribution is -0.136. The zero-order chi connectivity index (χ0) is 13.8. The van der Waals surface area contributed by atoms with Crippen LogP contribution >= 0.6 is 11.6 Å². The highest BCUT2D eigenvalue weighted by molar-refractivity contribution is 6.32. The number of carbonyl (C=O) groups is 1. The lowest BCUT2D eigenvalue weighted by Gasteiger charge is -2.25. The maximum atomic E-state index is 12.1. The van der Waals surface area contributed by atoms with Crippen LogP contribution in [0.3, 0.4) is 0 Å². The first kappa shape index (κ1) is 14.8. The number of rotatable bonds is 5. The van der Waals surface area contributed by atoms with Gasteiger partial charge in [-0.2, -0.15) is 0 Å². The van der Waals surface area contributed by atoms with Crippen molar-refractivity contribution in [3.63, 3.8) is 0 Å². The molecule has 18 heavy (non-hydrogen) atoms. The van der Waals surface area contributed by atoms with Gasteiger partial charge in [0.1, 0.15) is 11.4 Å². The van der Waals surface area contributed by atoms with Crippen molar-refractivity contribution in [3.8, 4) is 5.75 Å². The highest BCUT2D eigenvalue weighted by Gasteiger charge is 2.30. The second-order valence-corrected chi connectivity index (χ2v) is 4.50. The van der Waals surface area contributed by atoms with Gasteiger partial charge in [-0.25, -0.2) is 0 Å². The van der Waals surface area contributed by atoms with Crippen molar-refractivity contribution in [2.75, 3.05) is 19.5 Å². The molecule has 0 radical (unpaired) electrons. The number of nitrogens with one attached hydrogen (secondary N) is 1. The molecule has 1 N–H and O–H groups in total. The van der Waals surface area contributed by atoms with E-state index in [1.807, 2.05) is 6.92 Å². The van der Waals surface area contributed by atoms with Crippen LogP contribution in [-0.4, -0.2) is 25.7 Å². The van der Waals surface area contributed by atoms with E-state index in [0.717, 1.165) is 0 Å². The Hall–Kier alpha value is -1.26. The van der Waals surface area contributed by atoms with E-state index in [-0.39, 0.29) is 5.91 Å². The number of hydrogen-bond donors (Lipinski definition) is 1. The Labute approximate surface area is 112 Å². The summed E-state index contributed by atoms with van der Waals surface area (Å²) in [6, 6.07) is 5.08. The molecule has 1 atom stereocenters. The first-order valence-electron chi connectivity index (χ1n) is 5.67. The van der Waals surface area contributed by atoms with Gasteiger partial charge in [0.2, 0.25) is 0 Å². The van der Waals surface area contributed by atoms with Gasteiger partial charge in [-0.1, -0.05) is 18.5 Å². The molecule has 4 nitrogen and oxygen atoms in total. The zero-order valence-corrected chi connectivity index (χ0v) is 11.8. The van der Waals surface area contributed by atoms with Crippen molar-refractivity contribution in [1.29, 1.82) is 0 Å². The minimum atomic E-state index is -0.841. The third kappa shape index (κ3) is 3.15. The van der Waals surface area contributed by atoms with Gasteiger partial charge in [-0.15, -0.1) is 0 Å². The van der Waals surface area contributed by atoms with Gasteiger partial charge < -0.3 is 14.8 Å². The minimum absolute atomic E-state index is 0.200. The molecule has 0 fully saturated rings. The number of benzene rings is 1. The Bertz CT molecular complexity index is 430. The van der Waals surface area contributed by atoms with Crippen LogP contribution in [0, 0.1) is 0 Å². The van der Waals surface area contributed by atoms with E-state index in [0.29, 0.717) is 22.9 Å². The van der Waals surface area contributed by atoms with Crippen LogP contribution in [0.4, 0.5) is 5.69 Å². The molecule has 0 aromatic heterocycles. The largest absolute Gasteiger partial charge is 0.495 e. The molecule has 5 heteroatoms. The van der Waals surface area contributed by atoms with Crippen LogP contribution in [-0.2, 0) is 9.53 Å². The third-order valence-corrected chi connectivity index (χ3v) is 3.31. The predicted molar refractivity (Wildman–Crippen MR) is 72.3 cm³/mol. The van der Waals surface area contributed by atoms with Gasteiger partial charge in [-0.05, 0) is 31.5 Å². The first-order chi connectivity index (χ1) is 8.46. The number of anilines is 1. The molecule has 0 aliphatic carbocycles. The summed E-state index contributed by atoms with van der Waals surface area (Å²) in [5.74, 6) is 0.369. The molecule has 0 heterocycles. The lowest BCUT2D eigenvalue weighted by atomic mass is 10.0. The average molecular weight is 272 g/mol. The van der Waals surface area contributed by atoms with Crippen LogP contribution in [0.15, 0.2) is 18.2 Å². The fraction of sp³-hybridized carbons (Fsp3) is 0.462.